The zero-order chi connectivity index (χ0) is 25.2. The number of nitro benzene ring substituents is 1. The quantitative estimate of drug-likeness (QED) is 0.377. The van der Waals surface area contributed by atoms with E-state index in [1.165, 1.54) is 29.3 Å². The number of hydrogen-bond donors (Lipinski definition) is 2. The lowest BCUT2D eigenvalue weighted by atomic mass is 9.98. The molecule has 0 spiro atoms. The van der Waals surface area contributed by atoms with Crippen molar-refractivity contribution in [2.24, 2.45) is 0 Å². The highest BCUT2D eigenvalue weighted by Crippen LogP contribution is 2.30. The normalized spacial score (nSPS) is 13.3. The molecule has 9 nitrogen and oxygen atoms in total. The van der Waals surface area contributed by atoms with E-state index in [2.05, 4.69) is 27.1 Å². The van der Waals surface area contributed by atoms with Crippen LogP contribution < -0.4 is 14.9 Å². The van der Waals surface area contributed by atoms with E-state index >= 15 is 0 Å². The van der Waals surface area contributed by atoms with Crippen LogP contribution in [0.1, 0.15) is 35.3 Å². The number of nitrogens with zero attached hydrogens (tertiary/aromatic N) is 2. The molecule has 0 saturated heterocycles. The molecule has 1 heterocycles. The van der Waals surface area contributed by atoms with Crippen molar-refractivity contribution >= 4 is 33.0 Å². The zero-order valence-electron chi connectivity index (χ0n) is 19.4. The van der Waals surface area contributed by atoms with Crippen LogP contribution in [0.25, 0.3) is 0 Å². The molecule has 3 aromatic carbocycles. The summed E-state index contributed by atoms with van der Waals surface area (Å²) in [4.78, 5) is 25.3. The molecule has 0 saturated carbocycles. The summed E-state index contributed by atoms with van der Waals surface area (Å²) in [6.45, 7) is 5.09. The van der Waals surface area contributed by atoms with E-state index in [-0.39, 0.29) is 28.2 Å². The number of anilines is 2. The Kier molecular flexibility index (Phi) is 6.74. The van der Waals surface area contributed by atoms with Gasteiger partial charge in [-0.3, -0.25) is 19.6 Å². The lowest BCUT2D eigenvalue weighted by molar-refractivity contribution is -0.384. The van der Waals surface area contributed by atoms with E-state index in [1.54, 1.807) is 12.1 Å². The average molecular weight is 495 g/mol. The third-order valence-corrected chi connectivity index (χ3v) is 7.14. The Bertz CT molecular complexity index is 1370. The summed E-state index contributed by atoms with van der Waals surface area (Å²) < 4.78 is 28.2. The lowest BCUT2D eigenvalue weighted by Crippen LogP contribution is -2.35. The van der Waals surface area contributed by atoms with Gasteiger partial charge in [0.05, 0.1) is 15.4 Å². The second-order valence-corrected chi connectivity index (χ2v) is 10.3. The second-order valence-electron chi connectivity index (χ2n) is 8.66. The Balaban J connectivity index is 1.65. The molecule has 0 radical (unpaired) electrons. The Labute approximate surface area is 204 Å². The number of nitrogens with one attached hydrogen (secondary N) is 2. The van der Waals surface area contributed by atoms with Crippen LogP contribution in [0.2, 0.25) is 0 Å². The largest absolute Gasteiger partial charge is 0.366 e. The van der Waals surface area contributed by atoms with Crippen LogP contribution in [0, 0.1) is 10.1 Å². The van der Waals surface area contributed by atoms with E-state index in [0.29, 0.717) is 12.1 Å². The first-order valence-electron chi connectivity index (χ1n) is 11.2. The number of non-ortho nitro benzene ring substituents is 1. The molecule has 0 bridgehead atoms. The Morgan fingerprint density at radius 3 is 2.37 bits per heavy atom. The molecule has 1 aliphatic heterocycles. The van der Waals surface area contributed by atoms with Gasteiger partial charge in [0.25, 0.3) is 21.6 Å². The monoisotopic (exact) mass is 494 g/mol. The summed E-state index contributed by atoms with van der Waals surface area (Å²) in [5, 5.41) is 13.7. The average Bonchev–Trinajstić information content (AvgIpc) is 2.83. The van der Waals surface area contributed by atoms with Crippen molar-refractivity contribution in [1.82, 2.24) is 5.32 Å². The molecule has 0 fully saturated rings. The summed E-state index contributed by atoms with van der Waals surface area (Å²) in [5.41, 5.74) is 3.57. The maximum atomic E-state index is 13.1. The molecule has 3 aromatic rings. The van der Waals surface area contributed by atoms with Crippen molar-refractivity contribution in [3.05, 3.63) is 93.5 Å². The minimum absolute atomic E-state index is 0.0992. The van der Waals surface area contributed by atoms with Crippen LogP contribution >= 0.6 is 0 Å². The minimum Gasteiger partial charge on any atom is -0.366 e. The topological polar surface area (TPSA) is 122 Å². The van der Waals surface area contributed by atoms with Crippen molar-refractivity contribution in [1.29, 1.82) is 0 Å². The van der Waals surface area contributed by atoms with Gasteiger partial charge in [-0.15, -0.1) is 0 Å². The van der Waals surface area contributed by atoms with Crippen LogP contribution in [0.4, 0.5) is 17.1 Å². The van der Waals surface area contributed by atoms with Crippen LogP contribution in [-0.2, 0) is 23.0 Å². The molecular formula is C25H26N4O5S. The van der Waals surface area contributed by atoms with E-state index in [0.717, 1.165) is 30.8 Å². The molecule has 0 aromatic heterocycles. The highest BCUT2D eigenvalue weighted by Gasteiger charge is 2.23. The molecule has 182 valence electrons. The standard InChI is InChI=1S/C25H26N4O5S/c1-17(2)26-25(30)23-15-20(27-35(33,34)22-10-8-21(9-11-22)29(31)32)7-12-24(23)28-14-13-18-5-3-4-6-19(18)16-28/h3-12,15,17,27H,13-14,16H2,1-2H3,(H,26,30). The highest BCUT2D eigenvalue weighted by atomic mass is 32.2. The molecule has 10 heteroatoms. The molecule has 0 aliphatic carbocycles. The summed E-state index contributed by atoms with van der Waals surface area (Å²) >= 11 is 0. The van der Waals surface area contributed by atoms with Gasteiger partial charge in [-0.05, 0) is 61.7 Å². The molecule has 0 unspecified atom stereocenters. The zero-order valence-corrected chi connectivity index (χ0v) is 20.2. The maximum absolute atomic E-state index is 13.1. The van der Waals surface area contributed by atoms with Crippen molar-refractivity contribution < 1.29 is 18.1 Å². The van der Waals surface area contributed by atoms with Gasteiger partial charge in [-0.25, -0.2) is 8.42 Å². The number of benzene rings is 3. The number of fused-ring (bicyclic) bond motifs is 1. The lowest BCUT2D eigenvalue weighted by Gasteiger charge is -2.32. The van der Waals surface area contributed by atoms with Crippen molar-refractivity contribution in [3.8, 4) is 0 Å². The van der Waals surface area contributed by atoms with Crippen molar-refractivity contribution in [3.63, 3.8) is 0 Å². The summed E-state index contributed by atoms with van der Waals surface area (Å²) in [5.74, 6) is -0.301. The highest BCUT2D eigenvalue weighted by molar-refractivity contribution is 7.92. The number of sulfonamides is 1. The molecule has 2 N–H and O–H groups in total. The van der Waals surface area contributed by atoms with Gasteiger partial charge in [-0.1, -0.05) is 24.3 Å². The SMILES string of the molecule is CC(C)NC(=O)c1cc(NS(=O)(=O)c2ccc([N+](=O)[O-])cc2)ccc1N1CCc2ccccc2C1. The Hall–Kier alpha value is -3.92. The number of carbonyl (C=O) groups excluding carboxylic acids is 1. The van der Waals surface area contributed by atoms with Crippen molar-refractivity contribution in [2.75, 3.05) is 16.2 Å². The van der Waals surface area contributed by atoms with Gasteiger partial charge in [0.15, 0.2) is 0 Å². The third kappa shape index (κ3) is 5.43. The van der Waals surface area contributed by atoms with Gasteiger partial charge in [0.2, 0.25) is 0 Å². The fourth-order valence-electron chi connectivity index (χ4n) is 4.06. The molecule has 1 amide bonds. The number of amides is 1. The molecular weight excluding hydrogens is 468 g/mol. The summed E-state index contributed by atoms with van der Waals surface area (Å²) in [7, 11) is -4.02. The minimum atomic E-state index is -4.02. The number of carbonyl (C=O) groups is 1. The first-order chi connectivity index (χ1) is 16.6. The Morgan fingerprint density at radius 2 is 1.71 bits per heavy atom. The predicted octanol–water partition coefficient (Wildman–Crippen LogP) is 4.10. The van der Waals surface area contributed by atoms with Gasteiger partial charge in [-0.2, -0.15) is 0 Å². The molecule has 4 rings (SSSR count). The van der Waals surface area contributed by atoms with E-state index in [9.17, 15) is 23.3 Å². The number of nitro groups is 1. The predicted molar refractivity (Wildman–Crippen MR) is 134 cm³/mol. The van der Waals surface area contributed by atoms with Gasteiger partial charge in [0, 0.05) is 42.6 Å². The first-order valence-corrected chi connectivity index (χ1v) is 12.7. The fraction of sp³-hybridized carbons (Fsp3) is 0.240. The Morgan fingerprint density at radius 1 is 1.03 bits per heavy atom. The van der Waals surface area contributed by atoms with Crippen LogP contribution in [0.15, 0.2) is 71.6 Å². The molecule has 1 aliphatic rings. The molecule has 0 atom stereocenters. The van der Waals surface area contributed by atoms with Gasteiger partial charge < -0.3 is 10.2 Å². The summed E-state index contributed by atoms with van der Waals surface area (Å²) in [6.07, 6.45) is 0.843. The summed E-state index contributed by atoms with van der Waals surface area (Å²) in [6, 6.07) is 17.6. The smallest absolute Gasteiger partial charge is 0.269 e. The second kappa shape index (κ2) is 9.75. The number of hydrogen-bond acceptors (Lipinski definition) is 6. The fourth-order valence-corrected chi connectivity index (χ4v) is 5.11. The van der Waals surface area contributed by atoms with Gasteiger partial charge >= 0.3 is 0 Å². The van der Waals surface area contributed by atoms with Crippen molar-refractivity contribution in [2.45, 2.75) is 37.8 Å². The van der Waals surface area contributed by atoms with E-state index < -0.39 is 14.9 Å². The van der Waals surface area contributed by atoms with Crippen LogP contribution in [-0.4, -0.2) is 31.8 Å². The first kappa shape index (κ1) is 24.2. The van der Waals surface area contributed by atoms with Crippen LogP contribution in [0.3, 0.4) is 0 Å². The van der Waals surface area contributed by atoms with E-state index in [4.69, 9.17) is 0 Å². The van der Waals surface area contributed by atoms with E-state index in [1.807, 2.05) is 26.0 Å². The third-order valence-electron chi connectivity index (χ3n) is 5.74. The van der Waals surface area contributed by atoms with Gasteiger partial charge in [0.1, 0.15) is 0 Å². The molecule has 35 heavy (non-hydrogen) atoms. The maximum Gasteiger partial charge on any atom is 0.269 e. The van der Waals surface area contributed by atoms with Crippen LogP contribution in [0.5, 0.6) is 0 Å². The number of rotatable bonds is 7.